The first-order chi connectivity index (χ1) is 13.9. The molecular weight excluding hydrogens is 372 g/mol. The average molecular weight is 388 g/mol. The number of nitrogens with one attached hydrogen (secondary N) is 1. The van der Waals surface area contributed by atoms with E-state index in [4.69, 9.17) is 0 Å². The molecule has 2 aromatic carbocycles. The van der Waals surface area contributed by atoms with E-state index in [0.29, 0.717) is 16.9 Å². The Kier molecular flexibility index (Phi) is 4.52. The smallest absolute Gasteiger partial charge is 0.267 e. The summed E-state index contributed by atoms with van der Waals surface area (Å²) in [6.45, 7) is -0.288. The summed E-state index contributed by atoms with van der Waals surface area (Å²) in [7, 11) is 1.40. The topological polar surface area (TPSA) is 101 Å². The highest BCUT2D eigenvalue weighted by Crippen LogP contribution is 2.24. The van der Waals surface area contributed by atoms with E-state index in [-0.39, 0.29) is 18.0 Å². The molecule has 0 bridgehead atoms. The second kappa shape index (κ2) is 7.16. The molecule has 1 aliphatic rings. The molecule has 0 saturated carbocycles. The van der Waals surface area contributed by atoms with Gasteiger partial charge in [-0.15, -0.1) is 0 Å². The number of hydrogen-bond donors (Lipinski definition) is 1. The van der Waals surface area contributed by atoms with Crippen LogP contribution in [0.2, 0.25) is 0 Å². The van der Waals surface area contributed by atoms with Crippen LogP contribution in [0.4, 0.5) is 5.69 Å². The quantitative estimate of drug-likeness (QED) is 0.687. The molecule has 1 aliphatic heterocycles. The van der Waals surface area contributed by atoms with Crippen LogP contribution in [-0.4, -0.2) is 39.4 Å². The summed E-state index contributed by atoms with van der Waals surface area (Å²) in [4.78, 5) is 49.6. The zero-order valence-electron chi connectivity index (χ0n) is 15.5. The van der Waals surface area contributed by atoms with Crippen molar-refractivity contribution >= 4 is 23.4 Å². The normalized spacial score (nSPS) is 12.8. The van der Waals surface area contributed by atoms with Crippen molar-refractivity contribution in [2.24, 2.45) is 0 Å². The number of benzene rings is 2. The Labute approximate surface area is 165 Å². The Morgan fingerprint density at radius 3 is 2.41 bits per heavy atom. The summed E-state index contributed by atoms with van der Waals surface area (Å²) in [5.74, 6) is -1.28. The van der Waals surface area contributed by atoms with Gasteiger partial charge in [0.25, 0.3) is 17.4 Å². The zero-order valence-corrected chi connectivity index (χ0v) is 15.5. The van der Waals surface area contributed by atoms with E-state index < -0.39 is 17.4 Å². The van der Waals surface area contributed by atoms with Gasteiger partial charge in [0.15, 0.2) is 0 Å². The van der Waals surface area contributed by atoms with E-state index in [9.17, 15) is 19.2 Å². The van der Waals surface area contributed by atoms with Crippen LogP contribution in [0.15, 0.2) is 65.5 Å². The Hall–Kier alpha value is -4.07. The maximum atomic E-state index is 12.4. The largest absolute Gasteiger partial charge is 0.324 e. The van der Waals surface area contributed by atoms with Crippen LogP contribution in [0.1, 0.15) is 20.7 Å². The summed E-state index contributed by atoms with van der Waals surface area (Å²) < 4.78 is 1.08. The lowest BCUT2D eigenvalue weighted by atomic mass is 10.1. The van der Waals surface area contributed by atoms with Crippen molar-refractivity contribution in [3.05, 3.63) is 82.1 Å². The average Bonchev–Trinajstić information content (AvgIpc) is 2.94. The predicted octanol–water partition coefficient (Wildman–Crippen LogP) is 1.77. The standard InChI is InChI=1S/C21H16N4O4/c1-24-20(28)15-8-7-14(11-16(15)21(24)29)22-18(26)12-25-19(27)10-9-17(23-25)13-5-3-2-4-6-13/h2-11H,12H2,1H3,(H,22,26). The molecule has 1 N–H and O–H groups in total. The van der Waals surface area contributed by atoms with Gasteiger partial charge < -0.3 is 5.32 Å². The predicted molar refractivity (Wildman–Crippen MR) is 105 cm³/mol. The molecule has 0 atom stereocenters. The minimum atomic E-state index is -0.477. The molecule has 0 unspecified atom stereocenters. The first kappa shape index (κ1) is 18.3. The van der Waals surface area contributed by atoms with Crippen molar-refractivity contribution in [2.45, 2.75) is 6.54 Å². The molecule has 3 aromatic rings. The van der Waals surface area contributed by atoms with E-state index in [1.165, 1.54) is 31.3 Å². The molecule has 0 radical (unpaired) electrons. The third-order valence-corrected chi connectivity index (χ3v) is 4.60. The highest BCUT2D eigenvalue weighted by Gasteiger charge is 2.32. The third kappa shape index (κ3) is 3.43. The van der Waals surface area contributed by atoms with Gasteiger partial charge in [-0.3, -0.25) is 24.1 Å². The van der Waals surface area contributed by atoms with Gasteiger partial charge in [-0.1, -0.05) is 30.3 Å². The summed E-state index contributed by atoms with van der Waals surface area (Å²) in [6.07, 6.45) is 0. The summed E-state index contributed by atoms with van der Waals surface area (Å²) >= 11 is 0. The fourth-order valence-corrected chi connectivity index (χ4v) is 3.10. The number of amides is 3. The van der Waals surface area contributed by atoms with Crippen molar-refractivity contribution in [3.63, 3.8) is 0 Å². The van der Waals surface area contributed by atoms with Crippen molar-refractivity contribution < 1.29 is 14.4 Å². The lowest BCUT2D eigenvalue weighted by Gasteiger charge is -2.09. The molecule has 0 aliphatic carbocycles. The van der Waals surface area contributed by atoms with E-state index >= 15 is 0 Å². The van der Waals surface area contributed by atoms with Gasteiger partial charge in [0.05, 0.1) is 16.8 Å². The van der Waals surface area contributed by atoms with E-state index in [1.807, 2.05) is 30.3 Å². The molecule has 8 nitrogen and oxygen atoms in total. The monoisotopic (exact) mass is 388 g/mol. The molecule has 144 valence electrons. The number of aromatic nitrogens is 2. The first-order valence-electron chi connectivity index (χ1n) is 8.84. The highest BCUT2D eigenvalue weighted by atomic mass is 16.2. The van der Waals surface area contributed by atoms with Gasteiger partial charge in [-0.05, 0) is 24.3 Å². The second-order valence-electron chi connectivity index (χ2n) is 6.56. The van der Waals surface area contributed by atoms with Crippen molar-refractivity contribution in [3.8, 4) is 11.3 Å². The third-order valence-electron chi connectivity index (χ3n) is 4.60. The highest BCUT2D eigenvalue weighted by molar-refractivity contribution is 6.21. The van der Waals surface area contributed by atoms with Crippen LogP contribution >= 0.6 is 0 Å². The Balaban J connectivity index is 1.53. The molecule has 0 fully saturated rings. The molecule has 0 spiro atoms. The van der Waals surface area contributed by atoms with Crippen LogP contribution in [-0.2, 0) is 11.3 Å². The van der Waals surface area contributed by atoms with E-state index in [1.54, 1.807) is 6.07 Å². The minimum absolute atomic E-state index is 0.233. The molecule has 0 saturated heterocycles. The number of imide groups is 1. The van der Waals surface area contributed by atoms with E-state index in [0.717, 1.165) is 15.1 Å². The number of carbonyl (C=O) groups is 3. The van der Waals surface area contributed by atoms with Gasteiger partial charge >= 0.3 is 0 Å². The fourth-order valence-electron chi connectivity index (χ4n) is 3.10. The SMILES string of the molecule is CN1C(=O)c2ccc(NC(=O)Cn3nc(-c4ccccc4)ccc3=O)cc2C1=O. The Morgan fingerprint density at radius 1 is 0.931 bits per heavy atom. The maximum absolute atomic E-state index is 12.4. The van der Waals surface area contributed by atoms with Crippen molar-refractivity contribution in [1.29, 1.82) is 0 Å². The lowest BCUT2D eigenvalue weighted by molar-refractivity contribution is -0.117. The molecule has 3 amide bonds. The maximum Gasteiger partial charge on any atom is 0.267 e. The number of rotatable bonds is 4. The van der Waals surface area contributed by atoms with Gasteiger partial charge in [-0.25, -0.2) is 4.68 Å². The molecule has 4 rings (SSSR count). The van der Waals surface area contributed by atoms with Gasteiger partial charge in [0.1, 0.15) is 6.54 Å². The van der Waals surface area contributed by atoms with Crippen LogP contribution < -0.4 is 10.9 Å². The summed E-state index contributed by atoms with van der Waals surface area (Å²) in [5, 5.41) is 6.89. The Morgan fingerprint density at radius 2 is 1.66 bits per heavy atom. The molecular formula is C21H16N4O4. The van der Waals surface area contributed by atoms with Crippen LogP contribution in [0.3, 0.4) is 0 Å². The number of hydrogen-bond acceptors (Lipinski definition) is 5. The van der Waals surface area contributed by atoms with Crippen LogP contribution in [0, 0.1) is 0 Å². The number of carbonyl (C=O) groups excluding carboxylic acids is 3. The van der Waals surface area contributed by atoms with Crippen molar-refractivity contribution in [1.82, 2.24) is 14.7 Å². The van der Waals surface area contributed by atoms with Crippen molar-refractivity contribution in [2.75, 3.05) is 12.4 Å². The second-order valence-corrected chi connectivity index (χ2v) is 6.56. The van der Waals surface area contributed by atoms with Gasteiger partial charge in [-0.2, -0.15) is 5.10 Å². The number of fused-ring (bicyclic) bond motifs is 1. The summed E-state index contributed by atoms with van der Waals surface area (Å²) in [6, 6.07) is 16.8. The lowest BCUT2D eigenvalue weighted by Crippen LogP contribution is -2.29. The first-order valence-corrected chi connectivity index (χ1v) is 8.84. The fraction of sp³-hybridized carbons (Fsp3) is 0.0952. The molecule has 8 heteroatoms. The minimum Gasteiger partial charge on any atom is -0.324 e. The molecule has 1 aromatic heterocycles. The molecule has 2 heterocycles. The van der Waals surface area contributed by atoms with E-state index in [2.05, 4.69) is 10.4 Å². The zero-order chi connectivity index (χ0) is 20.5. The Bertz CT molecular complexity index is 1200. The van der Waals surface area contributed by atoms with Crippen LogP contribution in [0.25, 0.3) is 11.3 Å². The number of nitrogens with zero attached hydrogens (tertiary/aromatic N) is 3. The van der Waals surface area contributed by atoms with Crippen LogP contribution in [0.5, 0.6) is 0 Å². The summed E-state index contributed by atoms with van der Waals surface area (Å²) in [5.41, 5.74) is 1.88. The van der Waals surface area contributed by atoms with Gasteiger partial charge in [0.2, 0.25) is 5.91 Å². The molecule has 29 heavy (non-hydrogen) atoms. The van der Waals surface area contributed by atoms with Gasteiger partial charge in [0, 0.05) is 24.4 Å². The number of anilines is 1.